The smallest absolute Gasteiger partial charge is 0.276 e. The number of carbonyl (C=O) groups is 1. The SMILES string of the molecule is CCCCSC1=NN2C(=c3cc(Br)ccc3=N[C@H]2c2cc(Cl)c(OC)c(OC)c2)C(=O)N1. The van der Waals surface area contributed by atoms with Crippen molar-refractivity contribution in [2.45, 2.75) is 25.9 Å². The van der Waals surface area contributed by atoms with E-state index < -0.39 is 6.17 Å². The average molecular weight is 538 g/mol. The van der Waals surface area contributed by atoms with Gasteiger partial charge in [-0.2, -0.15) is 0 Å². The Bertz CT molecular complexity index is 1220. The Hall–Kier alpha value is -2.23. The Labute approximate surface area is 203 Å². The van der Waals surface area contributed by atoms with Gasteiger partial charge in [-0.3, -0.25) is 15.1 Å². The maximum absolute atomic E-state index is 13.2. The Kier molecular flexibility index (Phi) is 6.97. The molecular weight excluding hydrogens is 516 g/mol. The summed E-state index contributed by atoms with van der Waals surface area (Å²) in [4.78, 5) is 18.1. The van der Waals surface area contributed by atoms with Crippen LogP contribution in [0.1, 0.15) is 31.5 Å². The van der Waals surface area contributed by atoms with E-state index in [1.165, 1.54) is 18.9 Å². The van der Waals surface area contributed by atoms with Gasteiger partial charge in [0.05, 0.1) is 24.6 Å². The monoisotopic (exact) mass is 536 g/mol. The van der Waals surface area contributed by atoms with E-state index in [-0.39, 0.29) is 5.91 Å². The van der Waals surface area contributed by atoms with Crippen LogP contribution in [0.3, 0.4) is 0 Å². The summed E-state index contributed by atoms with van der Waals surface area (Å²) >= 11 is 11.5. The lowest BCUT2D eigenvalue weighted by Gasteiger charge is -2.34. The third-order valence-corrected chi connectivity index (χ3v) is 6.78. The minimum Gasteiger partial charge on any atom is -0.493 e. The minimum absolute atomic E-state index is 0.218. The zero-order chi connectivity index (χ0) is 22.8. The van der Waals surface area contributed by atoms with Crippen LogP contribution in [-0.4, -0.2) is 36.1 Å². The Morgan fingerprint density at radius 3 is 2.78 bits per heavy atom. The molecular formula is C22H22BrClN4O3S. The molecule has 2 aliphatic heterocycles. The lowest BCUT2D eigenvalue weighted by atomic mass is 10.1. The summed E-state index contributed by atoms with van der Waals surface area (Å²) in [7, 11) is 3.09. The van der Waals surface area contributed by atoms with Crippen LogP contribution in [0.15, 0.2) is 44.9 Å². The first-order chi connectivity index (χ1) is 15.5. The number of methoxy groups -OCH3 is 2. The molecule has 2 heterocycles. The number of benzene rings is 2. The van der Waals surface area contributed by atoms with Crippen LogP contribution < -0.4 is 25.4 Å². The molecule has 0 spiro atoms. The van der Waals surface area contributed by atoms with Gasteiger partial charge in [0.15, 0.2) is 22.8 Å². The fourth-order valence-corrected chi connectivity index (χ4v) is 5.13. The Balaban J connectivity index is 1.89. The number of thioether (sulfide) groups is 1. The fourth-order valence-electron chi connectivity index (χ4n) is 3.53. The molecule has 1 atom stereocenters. The highest BCUT2D eigenvalue weighted by Gasteiger charge is 2.35. The first kappa shape index (κ1) is 22.9. The number of hydrogen-bond acceptors (Lipinski definition) is 7. The van der Waals surface area contributed by atoms with Crippen LogP contribution in [0.25, 0.3) is 5.70 Å². The summed E-state index contributed by atoms with van der Waals surface area (Å²) < 4.78 is 11.7. The van der Waals surface area contributed by atoms with Gasteiger partial charge in [0, 0.05) is 21.0 Å². The van der Waals surface area contributed by atoms with Crippen molar-refractivity contribution in [3.8, 4) is 11.5 Å². The molecule has 1 N–H and O–H groups in total. The predicted molar refractivity (Wildman–Crippen MR) is 130 cm³/mol. The molecule has 168 valence electrons. The van der Waals surface area contributed by atoms with Crippen molar-refractivity contribution in [2.75, 3.05) is 20.0 Å². The van der Waals surface area contributed by atoms with Gasteiger partial charge in [-0.1, -0.05) is 52.6 Å². The minimum atomic E-state index is -0.594. The van der Waals surface area contributed by atoms with Gasteiger partial charge in [-0.15, -0.1) is 5.10 Å². The van der Waals surface area contributed by atoms with Gasteiger partial charge in [-0.25, -0.2) is 5.01 Å². The maximum Gasteiger partial charge on any atom is 0.276 e. The van der Waals surface area contributed by atoms with Crippen LogP contribution in [0, 0.1) is 0 Å². The summed E-state index contributed by atoms with van der Waals surface area (Å²) in [5.74, 6) is 1.57. The molecule has 0 saturated heterocycles. The van der Waals surface area contributed by atoms with Gasteiger partial charge in [-0.05, 0) is 36.8 Å². The van der Waals surface area contributed by atoms with Gasteiger partial charge in [0.25, 0.3) is 5.91 Å². The molecule has 4 rings (SSSR count). The number of rotatable bonds is 6. The summed E-state index contributed by atoms with van der Waals surface area (Å²) in [5, 5.41) is 11.7. The van der Waals surface area contributed by atoms with Crippen LogP contribution in [0.5, 0.6) is 11.5 Å². The lowest BCUT2D eigenvalue weighted by molar-refractivity contribution is -0.116. The van der Waals surface area contributed by atoms with Crippen molar-refractivity contribution in [1.82, 2.24) is 10.3 Å². The lowest BCUT2D eigenvalue weighted by Crippen LogP contribution is -2.50. The highest BCUT2D eigenvalue weighted by Crippen LogP contribution is 2.40. The van der Waals surface area contributed by atoms with Gasteiger partial charge in [0.2, 0.25) is 0 Å². The number of nitrogens with one attached hydrogen (secondary N) is 1. The number of halogens is 2. The summed E-state index contributed by atoms with van der Waals surface area (Å²) in [6.07, 6.45) is 1.51. The summed E-state index contributed by atoms with van der Waals surface area (Å²) in [6, 6.07) is 9.23. The highest BCUT2D eigenvalue weighted by atomic mass is 79.9. The first-order valence-electron chi connectivity index (χ1n) is 10.1. The van der Waals surface area contributed by atoms with E-state index in [0.29, 0.717) is 38.0 Å². The average Bonchev–Trinajstić information content (AvgIpc) is 2.78. The number of amidine groups is 1. The van der Waals surface area contributed by atoms with Crippen LogP contribution in [0.2, 0.25) is 5.02 Å². The zero-order valence-corrected chi connectivity index (χ0v) is 21.0. The quantitative estimate of drug-likeness (QED) is 0.568. The number of ether oxygens (including phenoxy) is 2. The fraction of sp³-hybridized carbons (Fsp3) is 0.318. The standard InChI is InChI=1S/C22H22BrClN4O3S/c1-4-5-8-32-22-26-21(29)18-14-11-13(23)6-7-16(14)25-20(28(18)27-22)12-9-15(24)19(31-3)17(10-12)30-2/h6-7,9-11,20H,4-5,8H2,1-3H3,(H,26,27,29)/t20-/m1/s1. The number of nitrogens with zero attached hydrogens (tertiary/aromatic N) is 3. The van der Waals surface area contributed by atoms with E-state index in [2.05, 4.69) is 28.2 Å². The van der Waals surface area contributed by atoms with Crippen LogP contribution >= 0.6 is 39.3 Å². The number of unbranched alkanes of at least 4 members (excludes halogenated alkanes) is 1. The van der Waals surface area contributed by atoms with Crippen molar-refractivity contribution in [2.24, 2.45) is 10.1 Å². The van der Waals surface area contributed by atoms with Crippen molar-refractivity contribution < 1.29 is 14.3 Å². The Morgan fingerprint density at radius 1 is 1.25 bits per heavy atom. The number of fused-ring (bicyclic) bond motifs is 2. The molecule has 32 heavy (non-hydrogen) atoms. The molecule has 0 saturated carbocycles. The second kappa shape index (κ2) is 9.72. The maximum atomic E-state index is 13.2. The highest BCUT2D eigenvalue weighted by molar-refractivity contribution is 9.10. The van der Waals surface area contributed by atoms with Crippen molar-refractivity contribution >= 4 is 56.1 Å². The number of amides is 1. The summed E-state index contributed by atoms with van der Waals surface area (Å²) in [6.45, 7) is 2.13. The molecule has 2 aromatic rings. The zero-order valence-electron chi connectivity index (χ0n) is 17.8. The molecule has 0 fully saturated rings. The van der Waals surface area contributed by atoms with Gasteiger partial charge >= 0.3 is 0 Å². The molecule has 1 amide bonds. The van der Waals surface area contributed by atoms with E-state index in [1.807, 2.05) is 24.3 Å². The molecule has 0 aliphatic carbocycles. The second-order valence-corrected chi connectivity index (χ2v) is 9.56. The third-order valence-electron chi connectivity index (χ3n) is 5.06. The molecule has 0 unspecified atom stereocenters. The van der Waals surface area contributed by atoms with E-state index in [4.69, 9.17) is 31.2 Å². The van der Waals surface area contributed by atoms with Crippen LogP contribution in [-0.2, 0) is 4.79 Å². The molecule has 0 radical (unpaired) electrons. The largest absolute Gasteiger partial charge is 0.493 e. The Morgan fingerprint density at radius 2 is 2.06 bits per heavy atom. The van der Waals surface area contributed by atoms with Crippen molar-refractivity contribution in [3.05, 3.63) is 56.0 Å². The third kappa shape index (κ3) is 4.33. The molecule has 0 aromatic heterocycles. The molecule has 2 aromatic carbocycles. The van der Waals surface area contributed by atoms with Gasteiger partial charge < -0.3 is 9.47 Å². The van der Waals surface area contributed by atoms with Crippen molar-refractivity contribution in [1.29, 1.82) is 0 Å². The second-order valence-electron chi connectivity index (χ2n) is 7.16. The number of hydrogen-bond donors (Lipinski definition) is 1. The molecule has 0 bridgehead atoms. The molecule has 10 heteroatoms. The van der Waals surface area contributed by atoms with Crippen molar-refractivity contribution in [3.63, 3.8) is 0 Å². The van der Waals surface area contributed by atoms with E-state index in [1.54, 1.807) is 18.2 Å². The molecule has 7 nitrogen and oxygen atoms in total. The topological polar surface area (TPSA) is 75.5 Å². The number of hydrazone groups is 1. The van der Waals surface area contributed by atoms with E-state index in [0.717, 1.165) is 28.6 Å². The summed E-state index contributed by atoms with van der Waals surface area (Å²) in [5.41, 5.74) is 1.17. The molecule has 2 aliphatic rings. The van der Waals surface area contributed by atoms with Crippen LogP contribution in [0.4, 0.5) is 0 Å². The first-order valence-corrected chi connectivity index (χ1v) is 12.2. The van der Waals surface area contributed by atoms with E-state index in [9.17, 15) is 4.79 Å². The normalized spacial score (nSPS) is 17.1. The number of carbonyl (C=O) groups excluding carboxylic acids is 1. The predicted octanol–water partition coefficient (Wildman–Crippen LogP) is 3.80. The van der Waals surface area contributed by atoms with Gasteiger partial charge in [0.1, 0.15) is 5.70 Å². The van der Waals surface area contributed by atoms with E-state index >= 15 is 0 Å².